The Morgan fingerprint density at radius 2 is 1.86 bits per heavy atom. The number of sulfonamides is 1. The van der Waals surface area contributed by atoms with Crippen LogP contribution in [0.5, 0.6) is 0 Å². The lowest BCUT2D eigenvalue weighted by Gasteiger charge is -2.22. The summed E-state index contributed by atoms with van der Waals surface area (Å²) in [7, 11) is -4.39. The Bertz CT molecular complexity index is 1540. The molecule has 0 spiro atoms. The van der Waals surface area contributed by atoms with Gasteiger partial charge in [-0.2, -0.15) is 26.7 Å². The number of nitrogens with zero attached hydrogens (tertiary/aromatic N) is 5. The zero-order chi connectivity index (χ0) is 25.5. The third-order valence-corrected chi connectivity index (χ3v) is 7.33. The summed E-state index contributed by atoms with van der Waals surface area (Å²) in [5.41, 5.74) is 0.336. The van der Waals surface area contributed by atoms with Crippen molar-refractivity contribution in [3.63, 3.8) is 0 Å². The quantitative estimate of drug-likeness (QED) is 0.336. The van der Waals surface area contributed by atoms with Crippen molar-refractivity contribution in [1.82, 2.24) is 29.5 Å². The number of aromatic nitrogens is 5. The van der Waals surface area contributed by atoms with Gasteiger partial charge in [0.25, 0.3) is 10.0 Å². The molecule has 5 heterocycles. The summed E-state index contributed by atoms with van der Waals surface area (Å²) in [4.78, 5) is 8.09. The number of alkyl halides is 3. The highest BCUT2D eigenvalue weighted by Gasteiger charge is 2.32. The lowest BCUT2D eigenvalue weighted by Crippen LogP contribution is -2.29. The van der Waals surface area contributed by atoms with Crippen LogP contribution in [0.25, 0.3) is 16.8 Å². The highest BCUT2D eigenvalue weighted by Crippen LogP contribution is 2.31. The third-order valence-electron chi connectivity index (χ3n) is 5.99. The summed E-state index contributed by atoms with van der Waals surface area (Å²) in [5, 5.41) is 14.9. The topological polar surface area (TPSA) is 130 Å². The Morgan fingerprint density at radius 1 is 1.08 bits per heavy atom. The first-order valence-corrected chi connectivity index (χ1v) is 12.5. The molecule has 0 amide bonds. The van der Waals surface area contributed by atoms with Gasteiger partial charge in [-0.3, -0.25) is 18.8 Å². The molecule has 1 aliphatic rings. The number of nitrogens with one attached hydrogen (secondary N) is 3. The molecule has 0 radical (unpaired) electrons. The van der Waals surface area contributed by atoms with Gasteiger partial charge in [0.15, 0.2) is 5.03 Å². The summed E-state index contributed by atoms with van der Waals surface area (Å²) < 4.78 is 71.0. The molecule has 0 bridgehead atoms. The molecular formula is C22H21F3N8O2S. The molecule has 1 saturated heterocycles. The number of hydrogen-bond donors (Lipinski definition) is 3. The van der Waals surface area contributed by atoms with Crippen LogP contribution in [-0.4, -0.2) is 51.9 Å². The molecule has 36 heavy (non-hydrogen) atoms. The molecule has 4 aromatic rings. The van der Waals surface area contributed by atoms with Gasteiger partial charge in [0.1, 0.15) is 11.3 Å². The molecule has 4 aromatic heterocycles. The van der Waals surface area contributed by atoms with Crippen LogP contribution < -0.4 is 10.0 Å². The van der Waals surface area contributed by atoms with Crippen LogP contribution in [0.2, 0.25) is 0 Å². The Morgan fingerprint density at radius 3 is 2.58 bits per heavy atom. The van der Waals surface area contributed by atoms with E-state index in [9.17, 15) is 21.6 Å². The number of piperidine rings is 1. The molecular weight excluding hydrogens is 497 g/mol. The Hall–Kier alpha value is -3.78. The van der Waals surface area contributed by atoms with Crippen molar-refractivity contribution < 1.29 is 21.6 Å². The second-order valence-corrected chi connectivity index (χ2v) is 9.97. The monoisotopic (exact) mass is 518 g/mol. The van der Waals surface area contributed by atoms with E-state index in [4.69, 9.17) is 5.41 Å². The zero-order valence-electron chi connectivity index (χ0n) is 18.7. The first-order chi connectivity index (χ1) is 17.2. The number of fused-ring (bicyclic) bond motifs is 1. The van der Waals surface area contributed by atoms with Crippen molar-refractivity contribution in [3.05, 3.63) is 60.4 Å². The number of pyridine rings is 2. The molecule has 0 aliphatic carbocycles. The second kappa shape index (κ2) is 9.02. The minimum absolute atomic E-state index is 0.000887. The van der Waals surface area contributed by atoms with Gasteiger partial charge in [0.2, 0.25) is 0 Å². The molecule has 1 aliphatic heterocycles. The van der Waals surface area contributed by atoms with Gasteiger partial charge in [0.05, 0.1) is 29.7 Å². The van der Waals surface area contributed by atoms with E-state index in [0.29, 0.717) is 17.3 Å². The Labute approximate surface area is 203 Å². The maximum atomic E-state index is 13.2. The average molecular weight is 519 g/mol. The van der Waals surface area contributed by atoms with Gasteiger partial charge in [-0.25, -0.2) is 4.98 Å². The van der Waals surface area contributed by atoms with Crippen molar-refractivity contribution in [2.45, 2.75) is 30.1 Å². The highest BCUT2D eigenvalue weighted by atomic mass is 32.2. The van der Waals surface area contributed by atoms with Gasteiger partial charge in [-0.15, -0.1) is 0 Å². The van der Waals surface area contributed by atoms with Crippen LogP contribution >= 0.6 is 0 Å². The Balaban J connectivity index is 1.48. The summed E-state index contributed by atoms with van der Waals surface area (Å²) in [6, 6.07) is 3.69. The van der Waals surface area contributed by atoms with Crippen LogP contribution in [0, 0.1) is 5.41 Å². The van der Waals surface area contributed by atoms with Crippen molar-refractivity contribution in [2.24, 2.45) is 0 Å². The smallest absolute Gasteiger partial charge is 0.317 e. The van der Waals surface area contributed by atoms with Gasteiger partial charge in [0, 0.05) is 35.9 Å². The van der Waals surface area contributed by atoms with Crippen LogP contribution in [0.15, 0.2) is 54.2 Å². The first kappa shape index (κ1) is 23.9. The lowest BCUT2D eigenvalue weighted by atomic mass is 10.1. The van der Waals surface area contributed by atoms with E-state index < -0.39 is 26.8 Å². The van der Waals surface area contributed by atoms with E-state index in [-0.39, 0.29) is 23.1 Å². The van der Waals surface area contributed by atoms with Crippen molar-refractivity contribution >= 4 is 27.6 Å². The molecule has 0 saturated carbocycles. The number of halogens is 3. The highest BCUT2D eigenvalue weighted by molar-refractivity contribution is 7.92. The summed E-state index contributed by atoms with van der Waals surface area (Å²) in [5.74, 6) is 0. The average Bonchev–Trinajstić information content (AvgIpc) is 3.51. The molecule has 0 aromatic carbocycles. The fourth-order valence-electron chi connectivity index (χ4n) is 4.11. The van der Waals surface area contributed by atoms with E-state index in [1.807, 2.05) is 10.9 Å². The van der Waals surface area contributed by atoms with E-state index in [1.54, 1.807) is 6.20 Å². The van der Waals surface area contributed by atoms with Crippen LogP contribution in [0.1, 0.15) is 30.1 Å². The van der Waals surface area contributed by atoms with Gasteiger partial charge < -0.3 is 10.7 Å². The number of anilines is 1. The fourth-order valence-corrected chi connectivity index (χ4v) is 5.26. The van der Waals surface area contributed by atoms with Crippen molar-refractivity contribution in [3.8, 4) is 11.1 Å². The predicted octanol–water partition coefficient (Wildman–Crippen LogP) is 3.33. The lowest BCUT2D eigenvalue weighted by molar-refractivity contribution is -0.137. The van der Waals surface area contributed by atoms with E-state index in [1.165, 1.54) is 12.3 Å². The van der Waals surface area contributed by atoms with Gasteiger partial charge in [-0.1, -0.05) is 0 Å². The maximum Gasteiger partial charge on any atom is 0.417 e. The predicted molar refractivity (Wildman–Crippen MR) is 125 cm³/mol. The maximum absolute atomic E-state index is 13.2. The Kier molecular flexibility index (Phi) is 6.00. The summed E-state index contributed by atoms with van der Waals surface area (Å²) in [6.07, 6.45) is 4.78. The molecule has 0 unspecified atom stereocenters. The third kappa shape index (κ3) is 4.56. The van der Waals surface area contributed by atoms with E-state index >= 15 is 0 Å². The van der Waals surface area contributed by atoms with Crippen LogP contribution in [0.3, 0.4) is 0 Å². The van der Waals surface area contributed by atoms with Crippen molar-refractivity contribution in [1.29, 1.82) is 5.41 Å². The normalized spacial score (nSPS) is 15.3. The SMILES string of the molecule is N=Cc1ncc(-c2cnn(C3CCNCC3)c2)cc1NS(=O)(=O)c1cnc2ccc(C(F)(F)F)cn12. The molecule has 5 rings (SSSR count). The van der Waals surface area contributed by atoms with Gasteiger partial charge >= 0.3 is 6.18 Å². The first-order valence-electron chi connectivity index (χ1n) is 11.0. The number of imidazole rings is 1. The largest absolute Gasteiger partial charge is 0.417 e. The van der Waals surface area contributed by atoms with E-state index in [0.717, 1.165) is 54.9 Å². The minimum atomic E-state index is -4.66. The molecule has 1 fully saturated rings. The molecule has 3 N–H and O–H groups in total. The second-order valence-electron chi connectivity index (χ2n) is 8.34. The van der Waals surface area contributed by atoms with Crippen LogP contribution in [0.4, 0.5) is 18.9 Å². The fraction of sp³-hybridized carbons (Fsp3) is 0.273. The standard InChI is InChI=1S/C22H21F3N8O2S/c23-22(24,25)16-1-2-20-29-11-21(32(20)13-16)36(34,35)31-18-7-14(9-28-19(18)8-26)15-10-30-33(12-15)17-3-5-27-6-4-17/h1-2,7-13,17,26-27,31H,3-6H2. The molecule has 188 valence electrons. The molecule has 0 atom stereocenters. The van der Waals surface area contributed by atoms with Gasteiger partial charge in [-0.05, 0) is 44.1 Å². The number of hydrogen-bond acceptors (Lipinski definition) is 7. The summed E-state index contributed by atoms with van der Waals surface area (Å²) >= 11 is 0. The molecule has 14 heteroatoms. The molecule has 10 nitrogen and oxygen atoms in total. The van der Waals surface area contributed by atoms with Crippen molar-refractivity contribution in [2.75, 3.05) is 17.8 Å². The summed E-state index contributed by atoms with van der Waals surface area (Å²) in [6.45, 7) is 1.80. The van der Waals surface area contributed by atoms with Crippen LogP contribution in [-0.2, 0) is 16.2 Å². The van der Waals surface area contributed by atoms with E-state index in [2.05, 4.69) is 25.1 Å². The number of rotatable bonds is 6. The minimum Gasteiger partial charge on any atom is -0.317 e. The zero-order valence-corrected chi connectivity index (χ0v) is 19.5.